The molecule has 0 bridgehead atoms. The smallest absolute Gasteiger partial charge is 0.276 e. The van der Waals surface area contributed by atoms with Crippen molar-refractivity contribution in [2.75, 3.05) is 24.1 Å². The van der Waals surface area contributed by atoms with Gasteiger partial charge in [-0.25, -0.2) is 4.98 Å². The van der Waals surface area contributed by atoms with Gasteiger partial charge in [0.15, 0.2) is 5.82 Å². The molecule has 5 N–H and O–H groups in total. The summed E-state index contributed by atoms with van der Waals surface area (Å²) in [5.41, 5.74) is 5.49. The summed E-state index contributed by atoms with van der Waals surface area (Å²) in [4.78, 5) is 17.7. The fourth-order valence-electron chi connectivity index (χ4n) is 2.49. The molecule has 0 radical (unpaired) electrons. The van der Waals surface area contributed by atoms with Gasteiger partial charge in [0.2, 0.25) is 0 Å². The zero-order valence-electron chi connectivity index (χ0n) is 11.2. The van der Waals surface area contributed by atoms with Crippen molar-refractivity contribution in [1.29, 1.82) is 0 Å². The molecule has 6 heteroatoms. The molecule has 0 saturated heterocycles. The van der Waals surface area contributed by atoms with Crippen LogP contribution in [0.1, 0.15) is 38.5 Å². The molecule has 6 nitrogen and oxygen atoms in total. The summed E-state index contributed by atoms with van der Waals surface area (Å²) >= 11 is 0. The normalized spacial score (nSPS) is 17.1. The Bertz CT molecular complexity index is 437. The zero-order valence-corrected chi connectivity index (χ0v) is 11.2. The lowest BCUT2D eigenvalue weighted by Crippen LogP contribution is -2.33. The second kappa shape index (κ2) is 7.13. The van der Waals surface area contributed by atoms with E-state index >= 15 is 0 Å². The van der Waals surface area contributed by atoms with Gasteiger partial charge in [0.25, 0.3) is 5.56 Å². The molecular weight excluding hydrogens is 242 g/mol. The highest BCUT2D eigenvalue weighted by molar-refractivity contribution is 5.58. The molecule has 2 rings (SSSR count). The Hall–Kier alpha value is -1.56. The number of nitrogen functional groups attached to an aromatic ring is 1. The molecule has 1 fully saturated rings. The number of nitrogens with one attached hydrogen (secondary N) is 3. The number of anilines is 2. The molecule has 1 aromatic rings. The topological polar surface area (TPSA) is 95.8 Å². The fourth-order valence-corrected chi connectivity index (χ4v) is 2.49. The molecule has 19 heavy (non-hydrogen) atoms. The van der Waals surface area contributed by atoms with E-state index in [0.29, 0.717) is 11.9 Å². The van der Waals surface area contributed by atoms with Crippen LogP contribution in [-0.4, -0.2) is 29.1 Å². The number of hydrogen-bond donors (Lipinski definition) is 4. The van der Waals surface area contributed by atoms with Gasteiger partial charge < -0.3 is 21.4 Å². The van der Waals surface area contributed by atoms with Crippen molar-refractivity contribution < 1.29 is 0 Å². The molecule has 0 atom stereocenters. The van der Waals surface area contributed by atoms with Crippen LogP contribution in [0.15, 0.2) is 11.1 Å². The monoisotopic (exact) mass is 265 g/mol. The highest BCUT2D eigenvalue weighted by Gasteiger charge is 2.11. The Kier molecular flexibility index (Phi) is 5.20. The number of rotatable bonds is 5. The molecule has 1 heterocycles. The summed E-state index contributed by atoms with van der Waals surface area (Å²) in [7, 11) is 0. The van der Waals surface area contributed by atoms with Gasteiger partial charge >= 0.3 is 0 Å². The van der Waals surface area contributed by atoms with Gasteiger partial charge in [-0.1, -0.05) is 25.7 Å². The third-order valence-electron chi connectivity index (χ3n) is 3.59. The summed E-state index contributed by atoms with van der Waals surface area (Å²) in [5.74, 6) is 0.464. The number of hydrogen-bond acceptors (Lipinski definition) is 5. The van der Waals surface area contributed by atoms with Crippen molar-refractivity contribution in [2.45, 2.75) is 44.6 Å². The van der Waals surface area contributed by atoms with Crippen molar-refractivity contribution in [1.82, 2.24) is 15.3 Å². The van der Waals surface area contributed by atoms with Crippen LogP contribution < -0.4 is 21.9 Å². The Balaban J connectivity index is 1.71. The Morgan fingerprint density at radius 3 is 2.74 bits per heavy atom. The maximum atomic E-state index is 11.3. The van der Waals surface area contributed by atoms with E-state index < -0.39 is 0 Å². The van der Waals surface area contributed by atoms with Crippen LogP contribution in [-0.2, 0) is 0 Å². The average Bonchev–Trinajstić information content (AvgIpc) is 2.68. The standard InChI is InChI=1S/C13H23N5O/c14-11-12(17-9-18-13(11)19)16-8-7-15-10-5-3-1-2-4-6-10/h9-10,15H,1-8,14H2,(H2,16,17,18,19). The van der Waals surface area contributed by atoms with Gasteiger partial charge in [0, 0.05) is 19.1 Å². The lowest BCUT2D eigenvalue weighted by atomic mass is 10.1. The summed E-state index contributed by atoms with van der Waals surface area (Å²) in [6.07, 6.45) is 9.28. The van der Waals surface area contributed by atoms with Gasteiger partial charge in [-0.3, -0.25) is 4.79 Å². The molecule has 1 aliphatic carbocycles. The molecular formula is C13H23N5O. The first-order chi connectivity index (χ1) is 9.27. The SMILES string of the molecule is Nc1c(NCCNC2CCCCCC2)nc[nH]c1=O. The van der Waals surface area contributed by atoms with E-state index in [1.54, 1.807) is 0 Å². The van der Waals surface area contributed by atoms with Crippen molar-refractivity contribution in [3.63, 3.8) is 0 Å². The number of aromatic amines is 1. The van der Waals surface area contributed by atoms with Crippen LogP contribution in [0, 0.1) is 0 Å². The summed E-state index contributed by atoms with van der Waals surface area (Å²) in [5, 5.41) is 6.64. The first-order valence-corrected chi connectivity index (χ1v) is 7.08. The van der Waals surface area contributed by atoms with Crippen molar-refractivity contribution >= 4 is 11.5 Å². The molecule has 0 unspecified atom stereocenters. The molecule has 0 spiro atoms. The maximum Gasteiger partial charge on any atom is 0.276 e. The van der Waals surface area contributed by atoms with E-state index in [1.807, 2.05) is 0 Å². The van der Waals surface area contributed by atoms with E-state index in [-0.39, 0.29) is 11.2 Å². The maximum absolute atomic E-state index is 11.3. The highest BCUT2D eigenvalue weighted by Crippen LogP contribution is 2.16. The number of H-pyrrole nitrogens is 1. The van der Waals surface area contributed by atoms with Gasteiger partial charge in [-0.05, 0) is 12.8 Å². The van der Waals surface area contributed by atoms with Crippen molar-refractivity contribution in [3.05, 3.63) is 16.7 Å². The van der Waals surface area contributed by atoms with E-state index in [9.17, 15) is 4.79 Å². The molecule has 1 aliphatic rings. The van der Waals surface area contributed by atoms with Crippen molar-refractivity contribution in [3.8, 4) is 0 Å². The number of nitrogens with two attached hydrogens (primary N) is 1. The Labute approximate surface area is 113 Å². The molecule has 0 aromatic carbocycles. The minimum absolute atomic E-state index is 0.150. The zero-order chi connectivity index (χ0) is 13.5. The number of nitrogens with zero attached hydrogens (tertiary/aromatic N) is 1. The Morgan fingerprint density at radius 1 is 1.26 bits per heavy atom. The van der Waals surface area contributed by atoms with Gasteiger partial charge in [0.1, 0.15) is 5.69 Å². The van der Waals surface area contributed by atoms with E-state index in [2.05, 4.69) is 20.6 Å². The molecule has 106 valence electrons. The van der Waals surface area contributed by atoms with Gasteiger partial charge in [-0.15, -0.1) is 0 Å². The predicted molar refractivity (Wildman–Crippen MR) is 77.3 cm³/mol. The van der Waals surface area contributed by atoms with Crippen LogP contribution >= 0.6 is 0 Å². The van der Waals surface area contributed by atoms with E-state index in [1.165, 1.54) is 44.9 Å². The van der Waals surface area contributed by atoms with Gasteiger partial charge in [0.05, 0.1) is 6.33 Å². The van der Waals surface area contributed by atoms with Crippen molar-refractivity contribution in [2.24, 2.45) is 0 Å². The lowest BCUT2D eigenvalue weighted by molar-refractivity contribution is 0.468. The highest BCUT2D eigenvalue weighted by atomic mass is 16.1. The van der Waals surface area contributed by atoms with E-state index in [4.69, 9.17) is 5.73 Å². The summed E-state index contributed by atoms with van der Waals surface area (Å²) in [6, 6.07) is 0.633. The largest absolute Gasteiger partial charge is 0.391 e. The lowest BCUT2D eigenvalue weighted by Gasteiger charge is -2.16. The first-order valence-electron chi connectivity index (χ1n) is 7.08. The third kappa shape index (κ3) is 4.24. The van der Waals surface area contributed by atoms with Crippen LogP contribution in [0.2, 0.25) is 0 Å². The summed E-state index contributed by atoms with van der Waals surface area (Å²) < 4.78 is 0. The molecule has 1 aromatic heterocycles. The molecule has 0 amide bonds. The fraction of sp³-hybridized carbons (Fsp3) is 0.692. The van der Waals surface area contributed by atoms with Crippen LogP contribution in [0.4, 0.5) is 11.5 Å². The third-order valence-corrected chi connectivity index (χ3v) is 3.59. The van der Waals surface area contributed by atoms with Crippen LogP contribution in [0.25, 0.3) is 0 Å². The number of aromatic nitrogens is 2. The first kappa shape index (κ1) is 13.9. The van der Waals surface area contributed by atoms with E-state index in [0.717, 1.165) is 13.1 Å². The quantitative estimate of drug-likeness (QED) is 0.472. The predicted octanol–water partition coefficient (Wildman–Crippen LogP) is 1.08. The minimum atomic E-state index is -0.297. The average molecular weight is 265 g/mol. The van der Waals surface area contributed by atoms with Crippen LogP contribution in [0.3, 0.4) is 0 Å². The second-order valence-electron chi connectivity index (χ2n) is 5.06. The molecule has 1 saturated carbocycles. The summed E-state index contributed by atoms with van der Waals surface area (Å²) in [6.45, 7) is 1.58. The van der Waals surface area contributed by atoms with Crippen LogP contribution in [0.5, 0.6) is 0 Å². The second-order valence-corrected chi connectivity index (χ2v) is 5.06. The molecule has 0 aliphatic heterocycles. The Morgan fingerprint density at radius 2 is 2.00 bits per heavy atom. The minimum Gasteiger partial charge on any atom is -0.391 e. The van der Waals surface area contributed by atoms with Gasteiger partial charge in [-0.2, -0.15) is 0 Å².